The predicted octanol–water partition coefficient (Wildman–Crippen LogP) is 2.99. The molecule has 1 aliphatic rings. The van der Waals surface area contributed by atoms with Crippen molar-refractivity contribution in [3.05, 3.63) is 23.8 Å². The highest BCUT2D eigenvalue weighted by Crippen LogP contribution is 2.36. The maximum absolute atomic E-state index is 12.0. The number of hydrogen-bond acceptors (Lipinski definition) is 4. The van der Waals surface area contributed by atoms with Gasteiger partial charge in [-0.05, 0) is 32.9 Å². The molecular formula is C15H21NO4. The molecule has 0 N–H and O–H groups in total. The molecule has 0 bridgehead atoms. The van der Waals surface area contributed by atoms with Crippen molar-refractivity contribution in [1.82, 2.24) is 4.90 Å². The number of methoxy groups -OCH3 is 2. The van der Waals surface area contributed by atoms with Gasteiger partial charge in [0.1, 0.15) is 17.6 Å². The molecule has 2 atom stereocenters. The summed E-state index contributed by atoms with van der Waals surface area (Å²) in [4.78, 5) is 13.7. The van der Waals surface area contributed by atoms with Crippen LogP contribution in [0.1, 0.15) is 32.4 Å². The van der Waals surface area contributed by atoms with E-state index in [9.17, 15) is 4.79 Å². The van der Waals surface area contributed by atoms with Crippen LogP contribution >= 0.6 is 0 Å². The van der Waals surface area contributed by atoms with Gasteiger partial charge in [-0.3, -0.25) is 4.90 Å². The number of ether oxygens (including phenoxy) is 3. The zero-order valence-electron chi connectivity index (χ0n) is 12.5. The van der Waals surface area contributed by atoms with Gasteiger partial charge in [0.05, 0.1) is 20.3 Å². The number of rotatable bonds is 4. The molecule has 1 fully saturated rings. The third kappa shape index (κ3) is 2.53. The van der Waals surface area contributed by atoms with Crippen LogP contribution in [0.4, 0.5) is 4.79 Å². The normalized spacial score (nSPS) is 22.1. The van der Waals surface area contributed by atoms with Gasteiger partial charge in [0.2, 0.25) is 0 Å². The quantitative estimate of drug-likeness (QED) is 0.850. The lowest BCUT2D eigenvalue weighted by Gasteiger charge is -2.24. The molecule has 0 saturated carbocycles. The van der Waals surface area contributed by atoms with E-state index in [1.54, 1.807) is 25.2 Å². The molecule has 0 aromatic heterocycles. The first kappa shape index (κ1) is 14.5. The fourth-order valence-electron chi connectivity index (χ4n) is 2.60. The summed E-state index contributed by atoms with van der Waals surface area (Å²) in [5.41, 5.74) is 0.880. The Kier molecular flexibility index (Phi) is 4.06. The van der Waals surface area contributed by atoms with Gasteiger partial charge in [-0.15, -0.1) is 0 Å². The molecule has 110 valence electrons. The molecule has 0 radical (unpaired) electrons. The van der Waals surface area contributed by atoms with E-state index in [1.165, 1.54) is 0 Å². The summed E-state index contributed by atoms with van der Waals surface area (Å²) >= 11 is 0. The van der Waals surface area contributed by atoms with Gasteiger partial charge in [-0.2, -0.15) is 0 Å². The molecular weight excluding hydrogens is 258 g/mol. The highest BCUT2D eigenvalue weighted by Gasteiger charge is 2.41. The number of carbonyl (C=O) groups is 1. The Morgan fingerprint density at radius 2 is 1.70 bits per heavy atom. The minimum Gasteiger partial charge on any atom is -0.497 e. The first-order chi connectivity index (χ1) is 9.47. The van der Waals surface area contributed by atoms with Crippen LogP contribution in [-0.2, 0) is 4.74 Å². The molecule has 1 aromatic carbocycles. The van der Waals surface area contributed by atoms with Crippen molar-refractivity contribution in [2.24, 2.45) is 0 Å². The third-order valence-corrected chi connectivity index (χ3v) is 3.57. The first-order valence-corrected chi connectivity index (χ1v) is 6.69. The predicted molar refractivity (Wildman–Crippen MR) is 75.2 cm³/mol. The third-order valence-electron chi connectivity index (χ3n) is 3.57. The summed E-state index contributed by atoms with van der Waals surface area (Å²) in [5, 5.41) is 0. The molecule has 0 aliphatic carbocycles. The van der Waals surface area contributed by atoms with Crippen molar-refractivity contribution in [3.8, 4) is 11.5 Å². The number of cyclic esters (lactones) is 1. The van der Waals surface area contributed by atoms with E-state index in [2.05, 4.69) is 0 Å². The number of benzene rings is 1. The molecule has 1 heterocycles. The largest absolute Gasteiger partial charge is 0.497 e. The summed E-state index contributed by atoms with van der Waals surface area (Å²) in [5.74, 6) is 1.37. The lowest BCUT2D eigenvalue weighted by molar-refractivity contribution is 0.128. The summed E-state index contributed by atoms with van der Waals surface area (Å²) in [7, 11) is 3.20. The van der Waals surface area contributed by atoms with E-state index in [0.29, 0.717) is 11.5 Å². The van der Waals surface area contributed by atoms with Gasteiger partial charge in [-0.25, -0.2) is 4.79 Å². The SMILES string of the molecule is COc1cc(OC)cc([C@H]2OC(=O)N(C(C)C)[C@H]2C)c1. The zero-order chi connectivity index (χ0) is 14.9. The van der Waals surface area contributed by atoms with Crippen LogP contribution < -0.4 is 9.47 Å². The van der Waals surface area contributed by atoms with Gasteiger partial charge in [0.15, 0.2) is 0 Å². The molecule has 5 heteroatoms. The van der Waals surface area contributed by atoms with Gasteiger partial charge in [0.25, 0.3) is 0 Å². The van der Waals surface area contributed by atoms with Crippen LogP contribution in [0.5, 0.6) is 11.5 Å². The van der Waals surface area contributed by atoms with E-state index in [4.69, 9.17) is 14.2 Å². The second-order valence-corrected chi connectivity index (χ2v) is 5.19. The van der Waals surface area contributed by atoms with Crippen LogP contribution in [0.3, 0.4) is 0 Å². The van der Waals surface area contributed by atoms with Crippen LogP contribution in [0.15, 0.2) is 18.2 Å². The molecule has 2 rings (SSSR count). The second kappa shape index (κ2) is 5.61. The lowest BCUT2D eigenvalue weighted by atomic mass is 10.0. The monoisotopic (exact) mass is 279 g/mol. The van der Waals surface area contributed by atoms with Crippen LogP contribution in [0.2, 0.25) is 0 Å². The average molecular weight is 279 g/mol. The lowest BCUT2D eigenvalue weighted by Crippen LogP contribution is -2.37. The topological polar surface area (TPSA) is 48.0 Å². The summed E-state index contributed by atoms with van der Waals surface area (Å²) in [6.45, 7) is 5.94. The van der Waals surface area contributed by atoms with E-state index >= 15 is 0 Å². The summed E-state index contributed by atoms with van der Waals surface area (Å²) < 4.78 is 16.0. The van der Waals surface area contributed by atoms with E-state index in [-0.39, 0.29) is 24.3 Å². The van der Waals surface area contributed by atoms with E-state index in [0.717, 1.165) is 5.56 Å². The molecule has 0 spiro atoms. The van der Waals surface area contributed by atoms with Crippen molar-refractivity contribution in [1.29, 1.82) is 0 Å². The fraction of sp³-hybridized carbons (Fsp3) is 0.533. The smallest absolute Gasteiger partial charge is 0.411 e. The van der Waals surface area contributed by atoms with Gasteiger partial charge < -0.3 is 14.2 Å². The Hall–Kier alpha value is -1.91. The molecule has 1 amide bonds. The first-order valence-electron chi connectivity index (χ1n) is 6.69. The molecule has 20 heavy (non-hydrogen) atoms. The van der Waals surface area contributed by atoms with E-state index in [1.807, 2.05) is 32.9 Å². The zero-order valence-corrected chi connectivity index (χ0v) is 12.5. The number of amides is 1. The second-order valence-electron chi connectivity index (χ2n) is 5.19. The molecule has 1 saturated heterocycles. The Morgan fingerprint density at radius 1 is 1.15 bits per heavy atom. The van der Waals surface area contributed by atoms with Gasteiger partial charge in [0, 0.05) is 17.7 Å². The number of carbonyl (C=O) groups excluding carboxylic acids is 1. The number of nitrogens with zero attached hydrogens (tertiary/aromatic N) is 1. The average Bonchev–Trinajstić information content (AvgIpc) is 2.73. The Morgan fingerprint density at radius 3 is 2.10 bits per heavy atom. The summed E-state index contributed by atoms with van der Waals surface area (Å²) in [6, 6.07) is 5.63. The van der Waals surface area contributed by atoms with Crippen LogP contribution in [0, 0.1) is 0 Å². The molecule has 1 aromatic rings. The minimum atomic E-state index is -0.311. The van der Waals surface area contributed by atoms with E-state index < -0.39 is 0 Å². The van der Waals surface area contributed by atoms with Crippen molar-refractivity contribution < 1.29 is 19.0 Å². The highest BCUT2D eigenvalue weighted by molar-refractivity contribution is 5.71. The standard InChI is InChI=1S/C15H21NO4/c1-9(2)16-10(3)14(20-15(16)17)11-6-12(18-4)8-13(7-11)19-5/h6-10,14H,1-5H3/t10-,14-/m0/s1. The Labute approximate surface area is 119 Å². The fourth-order valence-corrected chi connectivity index (χ4v) is 2.60. The van der Waals surface area contributed by atoms with Crippen LogP contribution in [-0.4, -0.2) is 37.3 Å². The van der Waals surface area contributed by atoms with Crippen LogP contribution in [0.25, 0.3) is 0 Å². The minimum absolute atomic E-state index is 0.0284. The van der Waals surface area contributed by atoms with Gasteiger partial charge >= 0.3 is 6.09 Å². The Balaban J connectivity index is 2.34. The maximum Gasteiger partial charge on any atom is 0.411 e. The molecule has 0 unspecified atom stereocenters. The highest BCUT2D eigenvalue weighted by atomic mass is 16.6. The Bertz CT molecular complexity index is 478. The van der Waals surface area contributed by atoms with Crippen molar-refractivity contribution in [3.63, 3.8) is 0 Å². The molecule has 1 aliphatic heterocycles. The van der Waals surface area contributed by atoms with Crippen molar-refractivity contribution in [2.45, 2.75) is 39.0 Å². The maximum atomic E-state index is 12.0. The van der Waals surface area contributed by atoms with Gasteiger partial charge in [-0.1, -0.05) is 0 Å². The number of hydrogen-bond donors (Lipinski definition) is 0. The molecule has 5 nitrogen and oxygen atoms in total. The van der Waals surface area contributed by atoms with Crippen molar-refractivity contribution >= 4 is 6.09 Å². The summed E-state index contributed by atoms with van der Waals surface area (Å²) in [6.07, 6.45) is -0.590. The van der Waals surface area contributed by atoms with Crippen molar-refractivity contribution in [2.75, 3.05) is 14.2 Å².